The van der Waals surface area contributed by atoms with E-state index in [-0.39, 0.29) is 6.04 Å². The molecule has 2 aliphatic rings. The molecule has 0 radical (unpaired) electrons. The first-order valence-electron chi connectivity index (χ1n) is 8.07. The highest BCUT2D eigenvalue weighted by Crippen LogP contribution is 2.32. The van der Waals surface area contributed by atoms with Gasteiger partial charge in [-0.25, -0.2) is 0 Å². The fourth-order valence-electron chi connectivity index (χ4n) is 2.91. The van der Waals surface area contributed by atoms with Crippen molar-refractivity contribution >= 4 is 10.2 Å². The van der Waals surface area contributed by atoms with E-state index in [9.17, 15) is 8.42 Å². The van der Waals surface area contributed by atoms with E-state index < -0.39 is 10.2 Å². The topological polar surface area (TPSA) is 52.7 Å². The van der Waals surface area contributed by atoms with Crippen LogP contribution in [0.3, 0.4) is 0 Å². The van der Waals surface area contributed by atoms with Gasteiger partial charge in [-0.15, -0.1) is 0 Å². The molecule has 2 rings (SSSR count). The standard InChI is InChI=1S/C14H29N3O2S/c1-3-9-17(14-5-6-14)20(18,19)16-10-7-13(8-11-16)12-15-4-2/h13-15H,3-12H2,1-2H3. The maximum absolute atomic E-state index is 12.7. The highest BCUT2D eigenvalue weighted by Gasteiger charge is 2.40. The van der Waals surface area contributed by atoms with E-state index in [0.717, 1.165) is 45.2 Å². The SMILES string of the molecule is CCCN(C1CC1)S(=O)(=O)N1CCC(CNCC)CC1. The summed E-state index contributed by atoms with van der Waals surface area (Å²) < 4.78 is 28.9. The van der Waals surface area contributed by atoms with Gasteiger partial charge in [0.1, 0.15) is 0 Å². The Morgan fingerprint density at radius 3 is 2.30 bits per heavy atom. The first-order chi connectivity index (χ1) is 9.59. The van der Waals surface area contributed by atoms with Gasteiger partial charge in [0.05, 0.1) is 0 Å². The van der Waals surface area contributed by atoms with Crippen LogP contribution in [0.2, 0.25) is 0 Å². The minimum atomic E-state index is -3.22. The third-order valence-corrected chi connectivity index (χ3v) is 6.37. The summed E-state index contributed by atoms with van der Waals surface area (Å²) in [6, 6.07) is 0.277. The normalized spacial score (nSPS) is 22.6. The van der Waals surface area contributed by atoms with Crippen molar-refractivity contribution in [1.82, 2.24) is 13.9 Å². The summed E-state index contributed by atoms with van der Waals surface area (Å²) >= 11 is 0. The molecule has 0 amide bonds. The lowest BCUT2D eigenvalue weighted by atomic mass is 9.98. The molecule has 20 heavy (non-hydrogen) atoms. The van der Waals surface area contributed by atoms with Crippen molar-refractivity contribution in [3.63, 3.8) is 0 Å². The third-order valence-electron chi connectivity index (χ3n) is 4.28. The lowest BCUT2D eigenvalue weighted by Crippen LogP contribution is -2.49. The Labute approximate surface area is 123 Å². The van der Waals surface area contributed by atoms with Crippen LogP contribution >= 0.6 is 0 Å². The predicted octanol–water partition coefficient (Wildman–Crippen LogP) is 1.43. The van der Waals surface area contributed by atoms with Crippen molar-refractivity contribution in [2.24, 2.45) is 5.92 Å². The average Bonchev–Trinajstić information content (AvgIpc) is 3.27. The summed E-state index contributed by atoms with van der Waals surface area (Å²) in [5.74, 6) is 0.627. The molecule has 0 unspecified atom stereocenters. The fraction of sp³-hybridized carbons (Fsp3) is 1.00. The highest BCUT2D eigenvalue weighted by atomic mass is 32.2. The van der Waals surface area contributed by atoms with Crippen LogP contribution in [0.5, 0.6) is 0 Å². The molecule has 0 aromatic carbocycles. The lowest BCUT2D eigenvalue weighted by molar-refractivity contribution is 0.248. The van der Waals surface area contributed by atoms with Crippen LogP contribution in [0.1, 0.15) is 46.0 Å². The van der Waals surface area contributed by atoms with Gasteiger partial charge in [-0.2, -0.15) is 17.0 Å². The van der Waals surface area contributed by atoms with Crippen LogP contribution in [0.15, 0.2) is 0 Å². The zero-order valence-electron chi connectivity index (χ0n) is 12.8. The molecular formula is C14H29N3O2S. The minimum Gasteiger partial charge on any atom is -0.317 e. The van der Waals surface area contributed by atoms with E-state index in [1.807, 2.05) is 6.92 Å². The van der Waals surface area contributed by atoms with E-state index >= 15 is 0 Å². The van der Waals surface area contributed by atoms with Crippen molar-refractivity contribution in [2.45, 2.75) is 52.0 Å². The van der Waals surface area contributed by atoms with Crippen molar-refractivity contribution in [1.29, 1.82) is 0 Å². The van der Waals surface area contributed by atoms with Crippen molar-refractivity contribution in [3.05, 3.63) is 0 Å². The number of nitrogens with zero attached hydrogens (tertiary/aromatic N) is 2. The van der Waals surface area contributed by atoms with Gasteiger partial charge >= 0.3 is 0 Å². The van der Waals surface area contributed by atoms with E-state index in [4.69, 9.17) is 0 Å². The summed E-state index contributed by atoms with van der Waals surface area (Å²) in [5.41, 5.74) is 0. The van der Waals surface area contributed by atoms with Crippen LogP contribution in [0, 0.1) is 5.92 Å². The second kappa shape index (κ2) is 7.20. The van der Waals surface area contributed by atoms with Crippen molar-refractivity contribution in [2.75, 3.05) is 32.7 Å². The van der Waals surface area contributed by atoms with E-state index in [1.165, 1.54) is 0 Å². The molecule has 1 N–H and O–H groups in total. The van der Waals surface area contributed by atoms with Crippen LogP contribution in [0.25, 0.3) is 0 Å². The molecule has 1 aliphatic carbocycles. The largest absolute Gasteiger partial charge is 0.317 e. The summed E-state index contributed by atoms with van der Waals surface area (Å²) in [6.07, 6.45) is 4.94. The van der Waals surface area contributed by atoms with Gasteiger partial charge in [-0.3, -0.25) is 0 Å². The molecule has 0 bridgehead atoms. The summed E-state index contributed by atoms with van der Waals surface area (Å²) in [6.45, 7) is 8.21. The Morgan fingerprint density at radius 2 is 1.80 bits per heavy atom. The first-order valence-corrected chi connectivity index (χ1v) is 9.46. The molecule has 5 nitrogen and oxygen atoms in total. The molecule has 1 saturated heterocycles. The summed E-state index contributed by atoms with van der Waals surface area (Å²) in [5, 5.41) is 3.36. The summed E-state index contributed by atoms with van der Waals surface area (Å²) in [4.78, 5) is 0. The molecule has 1 heterocycles. The smallest absolute Gasteiger partial charge is 0.282 e. The van der Waals surface area contributed by atoms with Crippen LogP contribution in [-0.2, 0) is 10.2 Å². The van der Waals surface area contributed by atoms with Gasteiger partial charge in [-0.05, 0) is 51.1 Å². The van der Waals surface area contributed by atoms with E-state index in [0.29, 0.717) is 25.6 Å². The zero-order valence-corrected chi connectivity index (χ0v) is 13.7. The quantitative estimate of drug-likeness (QED) is 0.738. The number of rotatable bonds is 8. The predicted molar refractivity (Wildman–Crippen MR) is 81.8 cm³/mol. The zero-order chi connectivity index (χ0) is 14.6. The Balaban J connectivity index is 1.90. The van der Waals surface area contributed by atoms with Gasteiger partial charge in [0.25, 0.3) is 10.2 Å². The van der Waals surface area contributed by atoms with Gasteiger partial charge in [0, 0.05) is 25.7 Å². The molecule has 1 aliphatic heterocycles. The third kappa shape index (κ3) is 3.93. The molecule has 6 heteroatoms. The van der Waals surface area contributed by atoms with Gasteiger partial charge < -0.3 is 5.32 Å². The van der Waals surface area contributed by atoms with Crippen LogP contribution < -0.4 is 5.32 Å². The molecule has 0 aromatic heterocycles. The second-order valence-corrected chi connectivity index (χ2v) is 7.88. The fourth-order valence-corrected chi connectivity index (χ4v) is 4.88. The van der Waals surface area contributed by atoms with Gasteiger partial charge in [-0.1, -0.05) is 13.8 Å². The summed E-state index contributed by atoms with van der Waals surface area (Å²) in [7, 11) is -3.22. The van der Waals surface area contributed by atoms with Crippen molar-refractivity contribution < 1.29 is 8.42 Å². The molecule has 0 spiro atoms. The number of hydrogen-bond acceptors (Lipinski definition) is 3. The monoisotopic (exact) mass is 303 g/mol. The highest BCUT2D eigenvalue weighted by molar-refractivity contribution is 7.86. The Kier molecular flexibility index (Phi) is 5.84. The first kappa shape index (κ1) is 16.2. The number of nitrogens with one attached hydrogen (secondary N) is 1. The van der Waals surface area contributed by atoms with E-state index in [1.54, 1.807) is 8.61 Å². The molecule has 0 atom stereocenters. The Hall–Kier alpha value is -0.170. The maximum Gasteiger partial charge on any atom is 0.282 e. The molecular weight excluding hydrogens is 274 g/mol. The Morgan fingerprint density at radius 1 is 1.15 bits per heavy atom. The van der Waals surface area contributed by atoms with Gasteiger partial charge in [0.2, 0.25) is 0 Å². The molecule has 2 fully saturated rings. The molecule has 0 aromatic rings. The second-order valence-electron chi connectivity index (χ2n) is 6.00. The lowest BCUT2D eigenvalue weighted by Gasteiger charge is -2.35. The number of piperidine rings is 1. The van der Waals surface area contributed by atoms with Crippen molar-refractivity contribution in [3.8, 4) is 0 Å². The van der Waals surface area contributed by atoms with Crippen LogP contribution in [-0.4, -0.2) is 55.8 Å². The maximum atomic E-state index is 12.7. The molecule has 1 saturated carbocycles. The van der Waals surface area contributed by atoms with E-state index in [2.05, 4.69) is 12.2 Å². The Bertz CT molecular complexity index is 387. The average molecular weight is 303 g/mol. The molecule has 118 valence electrons. The minimum absolute atomic E-state index is 0.277. The number of hydrogen-bond donors (Lipinski definition) is 1. The van der Waals surface area contributed by atoms with Gasteiger partial charge in [0.15, 0.2) is 0 Å². The van der Waals surface area contributed by atoms with Crippen LogP contribution in [0.4, 0.5) is 0 Å².